The van der Waals surface area contributed by atoms with Crippen molar-refractivity contribution in [2.45, 2.75) is 12.5 Å². The average Bonchev–Trinajstić information content (AvgIpc) is 2.74. The molecule has 3 N–H and O–H groups in total. The van der Waals surface area contributed by atoms with Crippen LogP contribution in [0.2, 0.25) is 0 Å². The first kappa shape index (κ1) is 12.7. The van der Waals surface area contributed by atoms with Crippen LogP contribution < -0.4 is 10.6 Å². The van der Waals surface area contributed by atoms with Gasteiger partial charge in [-0.1, -0.05) is 0 Å². The lowest BCUT2D eigenvalue weighted by Gasteiger charge is -2.21. The molecule has 1 atom stereocenters. The third kappa shape index (κ3) is 2.41. The van der Waals surface area contributed by atoms with Crippen LogP contribution in [0.5, 0.6) is 0 Å². The van der Waals surface area contributed by atoms with Crippen molar-refractivity contribution in [3.05, 3.63) is 23.8 Å². The number of aliphatic hydroxyl groups excluding tert-OH is 1. The fourth-order valence-electron chi connectivity index (χ4n) is 2.21. The number of likely N-dealkylation sites (tertiary alicyclic amines) is 1. The molecule has 98 valence electrons. The Morgan fingerprint density at radius 1 is 1.50 bits per heavy atom. The highest BCUT2D eigenvalue weighted by Crippen LogP contribution is 2.24. The number of hydrogen-bond donors (Lipinski definition) is 2. The molecule has 0 aliphatic carbocycles. The van der Waals surface area contributed by atoms with Gasteiger partial charge in [0.2, 0.25) is 0 Å². The molecule has 0 bridgehead atoms. The van der Waals surface area contributed by atoms with Crippen molar-refractivity contribution in [2.75, 3.05) is 37.8 Å². The molecule has 1 aliphatic heterocycles. The second-order valence-corrected chi connectivity index (χ2v) is 4.86. The van der Waals surface area contributed by atoms with Crippen LogP contribution in [0.1, 0.15) is 16.8 Å². The molecule has 0 spiro atoms. The first-order valence-corrected chi connectivity index (χ1v) is 6.03. The maximum atomic E-state index is 12.4. The molecule has 0 aromatic heterocycles. The largest absolute Gasteiger partial charge is 0.399 e. The summed E-state index contributed by atoms with van der Waals surface area (Å²) in [6, 6.07) is 5.32. The molecule has 0 saturated carbocycles. The van der Waals surface area contributed by atoms with Crippen LogP contribution in [0.3, 0.4) is 0 Å². The predicted octanol–water partition coefficient (Wildman–Crippen LogP) is 0.542. The molecule has 1 aromatic carbocycles. The van der Waals surface area contributed by atoms with Crippen molar-refractivity contribution < 1.29 is 9.90 Å². The number of nitrogens with two attached hydrogens (primary N) is 1. The van der Waals surface area contributed by atoms with Crippen molar-refractivity contribution in [2.24, 2.45) is 0 Å². The molecule has 1 amide bonds. The SMILES string of the molecule is CN(C)c1ccc(N)cc1C(=O)N1CC[C@@H](O)C1. The van der Waals surface area contributed by atoms with Crippen LogP contribution in [-0.4, -0.2) is 49.2 Å². The number of rotatable bonds is 2. The smallest absolute Gasteiger partial charge is 0.256 e. The number of carbonyl (C=O) groups excluding carboxylic acids is 1. The van der Waals surface area contributed by atoms with Gasteiger partial charge in [-0.2, -0.15) is 0 Å². The minimum Gasteiger partial charge on any atom is -0.399 e. The van der Waals surface area contributed by atoms with Crippen molar-refractivity contribution in [3.63, 3.8) is 0 Å². The van der Waals surface area contributed by atoms with Crippen molar-refractivity contribution in [1.29, 1.82) is 0 Å². The Balaban J connectivity index is 2.31. The van der Waals surface area contributed by atoms with Crippen LogP contribution >= 0.6 is 0 Å². The summed E-state index contributed by atoms with van der Waals surface area (Å²) in [5.74, 6) is -0.0671. The standard InChI is InChI=1S/C13H19N3O2/c1-15(2)12-4-3-9(14)7-11(12)13(18)16-6-5-10(17)8-16/h3-4,7,10,17H,5-6,8,14H2,1-2H3/t10-/m1/s1. The molecule has 0 radical (unpaired) electrons. The fraction of sp³-hybridized carbons (Fsp3) is 0.462. The van der Waals surface area contributed by atoms with Crippen LogP contribution in [0, 0.1) is 0 Å². The van der Waals surface area contributed by atoms with E-state index in [4.69, 9.17) is 5.73 Å². The van der Waals surface area contributed by atoms with Gasteiger partial charge in [-0.3, -0.25) is 4.79 Å². The van der Waals surface area contributed by atoms with Gasteiger partial charge in [0.15, 0.2) is 0 Å². The van der Waals surface area contributed by atoms with Gasteiger partial charge in [0.05, 0.1) is 11.7 Å². The Kier molecular flexibility index (Phi) is 3.43. The van der Waals surface area contributed by atoms with Crippen molar-refractivity contribution in [3.8, 4) is 0 Å². The summed E-state index contributed by atoms with van der Waals surface area (Å²) in [5, 5.41) is 9.50. The van der Waals surface area contributed by atoms with E-state index >= 15 is 0 Å². The minimum absolute atomic E-state index is 0.0671. The van der Waals surface area contributed by atoms with E-state index in [2.05, 4.69) is 0 Å². The number of amides is 1. The van der Waals surface area contributed by atoms with Gasteiger partial charge in [-0.05, 0) is 24.6 Å². The quantitative estimate of drug-likeness (QED) is 0.751. The molecule has 1 heterocycles. The Bertz CT molecular complexity index is 460. The van der Waals surface area contributed by atoms with E-state index in [1.54, 1.807) is 17.0 Å². The second kappa shape index (κ2) is 4.86. The zero-order valence-corrected chi connectivity index (χ0v) is 10.8. The van der Waals surface area contributed by atoms with E-state index in [-0.39, 0.29) is 5.91 Å². The molecule has 1 fully saturated rings. The Morgan fingerprint density at radius 3 is 2.78 bits per heavy atom. The van der Waals surface area contributed by atoms with Gasteiger partial charge in [0.25, 0.3) is 5.91 Å². The van der Waals surface area contributed by atoms with Gasteiger partial charge < -0.3 is 20.6 Å². The van der Waals surface area contributed by atoms with E-state index in [9.17, 15) is 9.90 Å². The van der Waals surface area contributed by atoms with E-state index in [0.29, 0.717) is 30.8 Å². The number of benzene rings is 1. The van der Waals surface area contributed by atoms with E-state index in [1.165, 1.54) is 0 Å². The summed E-state index contributed by atoms with van der Waals surface area (Å²) in [5.41, 5.74) is 7.76. The Hall–Kier alpha value is -1.75. The lowest BCUT2D eigenvalue weighted by molar-refractivity contribution is 0.0765. The third-order valence-electron chi connectivity index (χ3n) is 3.18. The highest BCUT2D eigenvalue weighted by Gasteiger charge is 2.27. The van der Waals surface area contributed by atoms with Gasteiger partial charge in [0, 0.05) is 38.6 Å². The first-order chi connectivity index (χ1) is 8.49. The first-order valence-electron chi connectivity index (χ1n) is 6.03. The number of aliphatic hydroxyl groups is 1. The maximum Gasteiger partial charge on any atom is 0.256 e. The topological polar surface area (TPSA) is 69.8 Å². The van der Waals surface area contributed by atoms with E-state index in [0.717, 1.165) is 5.69 Å². The van der Waals surface area contributed by atoms with Crippen LogP contribution in [0.25, 0.3) is 0 Å². The van der Waals surface area contributed by atoms with Gasteiger partial charge in [0.1, 0.15) is 0 Å². The molecule has 1 aliphatic rings. The predicted molar refractivity (Wildman–Crippen MR) is 71.7 cm³/mol. The molecule has 2 rings (SSSR count). The highest BCUT2D eigenvalue weighted by molar-refractivity contribution is 6.00. The number of nitrogens with zero attached hydrogens (tertiary/aromatic N) is 2. The molecule has 0 unspecified atom stereocenters. The maximum absolute atomic E-state index is 12.4. The van der Waals surface area contributed by atoms with E-state index < -0.39 is 6.10 Å². The second-order valence-electron chi connectivity index (χ2n) is 4.86. The van der Waals surface area contributed by atoms with Crippen molar-refractivity contribution >= 4 is 17.3 Å². The Labute approximate surface area is 107 Å². The highest BCUT2D eigenvalue weighted by atomic mass is 16.3. The van der Waals surface area contributed by atoms with Gasteiger partial charge in [-0.25, -0.2) is 0 Å². The zero-order valence-electron chi connectivity index (χ0n) is 10.8. The zero-order chi connectivity index (χ0) is 13.3. The number of β-amino-alcohol motifs (C(OH)–C–C–N with tert-alkyl or cyclic N) is 1. The lowest BCUT2D eigenvalue weighted by atomic mass is 10.1. The molecule has 5 nitrogen and oxygen atoms in total. The molecule has 5 heteroatoms. The molecule has 1 saturated heterocycles. The minimum atomic E-state index is -0.405. The fourth-order valence-corrected chi connectivity index (χ4v) is 2.21. The van der Waals surface area contributed by atoms with E-state index in [1.807, 2.05) is 25.1 Å². The van der Waals surface area contributed by atoms with Gasteiger partial charge in [-0.15, -0.1) is 0 Å². The van der Waals surface area contributed by atoms with Crippen LogP contribution in [0.4, 0.5) is 11.4 Å². The number of carbonyl (C=O) groups is 1. The number of nitrogen functional groups attached to an aromatic ring is 1. The van der Waals surface area contributed by atoms with Crippen molar-refractivity contribution in [1.82, 2.24) is 4.90 Å². The summed E-state index contributed by atoms with van der Waals surface area (Å²) in [6.45, 7) is 1.00. The molecular formula is C13H19N3O2. The summed E-state index contributed by atoms with van der Waals surface area (Å²) >= 11 is 0. The molecule has 1 aromatic rings. The summed E-state index contributed by atoms with van der Waals surface area (Å²) in [7, 11) is 3.78. The lowest BCUT2D eigenvalue weighted by Crippen LogP contribution is -2.31. The summed E-state index contributed by atoms with van der Waals surface area (Å²) in [6.07, 6.45) is 0.239. The number of anilines is 2. The third-order valence-corrected chi connectivity index (χ3v) is 3.18. The van der Waals surface area contributed by atoms with Gasteiger partial charge >= 0.3 is 0 Å². The molecular weight excluding hydrogens is 230 g/mol. The van der Waals surface area contributed by atoms with Crippen LogP contribution in [-0.2, 0) is 0 Å². The number of hydrogen-bond acceptors (Lipinski definition) is 4. The average molecular weight is 249 g/mol. The van der Waals surface area contributed by atoms with Crippen LogP contribution in [0.15, 0.2) is 18.2 Å². The normalized spacial score (nSPS) is 19.1. The Morgan fingerprint density at radius 2 is 2.22 bits per heavy atom. The molecule has 18 heavy (non-hydrogen) atoms. The monoisotopic (exact) mass is 249 g/mol. The summed E-state index contributed by atoms with van der Waals surface area (Å²) in [4.78, 5) is 16.0. The summed E-state index contributed by atoms with van der Waals surface area (Å²) < 4.78 is 0.